The Morgan fingerprint density at radius 3 is 2.67 bits per heavy atom. The van der Waals surface area contributed by atoms with Crippen molar-refractivity contribution in [1.29, 1.82) is 0 Å². The molecule has 1 saturated heterocycles. The number of hydrogen-bond acceptors (Lipinski definition) is 6. The van der Waals surface area contributed by atoms with Gasteiger partial charge in [-0.15, -0.1) is 0 Å². The summed E-state index contributed by atoms with van der Waals surface area (Å²) in [4.78, 5) is 17.5. The van der Waals surface area contributed by atoms with Gasteiger partial charge in [0.25, 0.3) is 0 Å². The molecule has 27 heavy (non-hydrogen) atoms. The Morgan fingerprint density at radius 1 is 1.33 bits per heavy atom. The van der Waals surface area contributed by atoms with E-state index < -0.39 is 9.84 Å². The topological polar surface area (TPSA) is 91.1 Å². The van der Waals surface area contributed by atoms with Gasteiger partial charge in [0.05, 0.1) is 40.8 Å². The predicted molar refractivity (Wildman–Crippen MR) is 102 cm³/mol. The number of carbonyl (C=O) groups is 1. The van der Waals surface area contributed by atoms with Crippen LogP contribution >= 0.6 is 0 Å². The highest BCUT2D eigenvalue weighted by Gasteiger charge is 2.34. The van der Waals surface area contributed by atoms with Gasteiger partial charge < -0.3 is 4.74 Å². The molecule has 2 aliphatic rings. The first-order chi connectivity index (χ1) is 12.7. The van der Waals surface area contributed by atoms with E-state index in [2.05, 4.69) is 5.10 Å². The van der Waals surface area contributed by atoms with Gasteiger partial charge in [-0.3, -0.25) is 0 Å². The number of aryl methyl sites for hydroxylation is 1. The fraction of sp³-hybridized carbons (Fsp3) is 0.632. The number of rotatable bonds is 5. The summed E-state index contributed by atoms with van der Waals surface area (Å²) < 4.78 is 31.1. The number of carbonyl (C=O) groups excluding carboxylic acids is 1. The molecule has 1 aliphatic heterocycles. The Balaban J connectivity index is 1.82. The first-order valence-corrected chi connectivity index (χ1v) is 11.3. The molecule has 1 atom stereocenters. The van der Waals surface area contributed by atoms with Crippen LogP contribution in [-0.4, -0.2) is 47.3 Å². The summed E-state index contributed by atoms with van der Waals surface area (Å²) >= 11 is 0. The van der Waals surface area contributed by atoms with Gasteiger partial charge in [-0.2, -0.15) is 5.10 Å². The van der Waals surface area contributed by atoms with Crippen molar-refractivity contribution in [1.82, 2.24) is 14.8 Å². The molecule has 0 radical (unpaired) electrons. The lowest BCUT2D eigenvalue weighted by molar-refractivity contribution is 0.0461. The molecular formula is C19H25N3O4S. The maximum Gasteiger partial charge on any atom is 0.339 e. The molecule has 0 N–H and O–H groups in total. The molecule has 146 valence electrons. The number of pyridine rings is 1. The maximum atomic E-state index is 12.8. The Bertz CT molecular complexity index is 1010. The number of esters is 1. The normalized spacial score (nSPS) is 21.9. The number of fused-ring (bicyclic) bond motifs is 1. The summed E-state index contributed by atoms with van der Waals surface area (Å²) in [6, 6.07) is 1.61. The summed E-state index contributed by atoms with van der Waals surface area (Å²) in [5, 5.41) is 5.26. The van der Waals surface area contributed by atoms with Gasteiger partial charge in [0.15, 0.2) is 15.5 Å². The van der Waals surface area contributed by atoms with Gasteiger partial charge in [0, 0.05) is 11.6 Å². The summed E-state index contributed by atoms with van der Waals surface area (Å²) in [5.41, 5.74) is 2.66. The van der Waals surface area contributed by atoms with Crippen molar-refractivity contribution in [3.63, 3.8) is 0 Å². The van der Waals surface area contributed by atoms with E-state index in [1.807, 2.05) is 26.8 Å². The van der Waals surface area contributed by atoms with Crippen LogP contribution < -0.4 is 0 Å². The lowest BCUT2D eigenvalue weighted by Gasteiger charge is -2.12. The molecule has 0 aromatic carbocycles. The lowest BCUT2D eigenvalue weighted by atomic mass is 10.1. The van der Waals surface area contributed by atoms with Crippen LogP contribution in [0.4, 0.5) is 0 Å². The van der Waals surface area contributed by atoms with Crippen LogP contribution in [-0.2, 0) is 14.6 Å². The molecule has 0 amide bonds. The summed E-state index contributed by atoms with van der Waals surface area (Å²) in [7, 11) is -3.04. The Kier molecular flexibility index (Phi) is 4.49. The van der Waals surface area contributed by atoms with E-state index in [0.29, 0.717) is 41.2 Å². The van der Waals surface area contributed by atoms with Crippen LogP contribution in [0, 0.1) is 12.8 Å². The zero-order valence-electron chi connectivity index (χ0n) is 15.9. The van der Waals surface area contributed by atoms with Crippen molar-refractivity contribution in [3.8, 4) is 0 Å². The molecule has 3 heterocycles. The van der Waals surface area contributed by atoms with Gasteiger partial charge in [0.1, 0.15) is 0 Å². The minimum absolute atomic E-state index is 0.0751. The van der Waals surface area contributed by atoms with E-state index in [0.717, 1.165) is 18.5 Å². The minimum Gasteiger partial charge on any atom is -0.462 e. The van der Waals surface area contributed by atoms with E-state index in [4.69, 9.17) is 9.72 Å². The van der Waals surface area contributed by atoms with Crippen molar-refractivity contribution >= 4 is 26.8 Å². The molecule has 2 aromatic rings. The molecule has 2 aromatic heterocycles. The molecule has 2 fully saturated rings. The van der Waals surface area contributed by atoms with E-state index in [1.165, 1.54) is 0 Å². The Hall–Kier alpha value is -1.96. The summed E-state index contributed by atoms with van der Waals surface area (Å²) in [6.07, 6.45) is 2.65. The molecule has 4 rings (SSSR count). The zero-order chi connectivity index (χ0) is 19.3. The number of ether oxygens (including phenoxy) is 1. The van der Waals surface area contributed by atoms with Crippen molar-refractivity contribution in [2.45, 2.75) is 52.0 Å². The quantitative estimate of drug-likeness (QED) is 0.728. The SMILES string of the molecule is Cc1nn([C@H]2CCS(=O)(=O)C2)c2nc(C3CC3)cc(C(=O)OCC(C)C)c12. The second-order valence-corrected chi connectivity index (χ2v) is 10.4. The van der Waals surface area contributed by atoms with E-state index in [-0.39, 0.29) is 29.4 Å². The largest absolute Gasteiger partial charge is 0.462 e. The van der Waals surface area contributed by atoms with E-state index in [1.54, 1.807) is 4.68 Å². The minimum atomic E-state index is -3.04. The van der Waals surface area contributed by atoms with Crippen LogP contribution in [0.3, 0.4) is 0 Å². The number of sulfone groups is 1. The van der Waals surface area contributed by atoms with Gasteiger partial charge in [-0.1, -0.05) is 13.8 Å². The first-order valence-electron chi connectivity index (χ1n) is 9.52. The number of aromatic nitrogens is 3. The van der Waals surface area contributed by atoms with Crippen molar-refractivity contribution in [2.24, 2.45) is 5.92 Å². The third kappa shape index (κ3) is 3.59. The van der Waals surface area contributed by atoms with Gasteiger partial charge in [-0.25, -0.2) is 22.9 Å². The third-order valence-corrected chi connectivity index (χ3v) is 6.92. The fourth-order valence-electron chi connectivity index (χ4n) is 3.62. The maximum absolute atomic E-state index is 12.8. The number of nitrogens with zero attached hydrogens (tertiary/aromatic N) is 3. The van der Waals surface area contributed by atoms with E-state index in [9.17, 15) is 13.2 Å². The highest BCUT2D eigenvalue weighted by molar-refractivity contribution is 7.91. The molecular weight excluding hydrogens is 366 g/mol. The van der Waals surface area contributed by atoms with Crippen LogP contribution in [0.5, 0.6) is 0 Å². The van der Waals surface area contributed by atoms with Gasteiger partial charge in [0.2, 0.25) is 0 Å². The monoisotopic (exact) mass is 391 g/mol. The van der Waals surface area contributed by atoms with Crippen molar-refractivity contribution < 1.29 is 17.9 Å². The van der Waals surface area contributed by atoms with Crippen LogP contribution in [0.1, 0.15) is 66.8 Å². The van der Waals surface area contributed by atoms with Crippen LogP contribution in [0.15, 0.2) is 6.07 Å². The summed E-state index contributed by atoms with van der Waals surface area (Å²) in [5.74, 6) is 0.499. The van der Waals surface area contributed by atoms with Crippen LogP contribution in [0.2, 0.25) is 0 Å². The molecule has 7 nitrogen and oxygen atoms in total. The predicted octanol–water partition coefficient (Wildman–Crippen LogP) is 2.79. The average molecular weight is 391 g/mol. The molecule has 1 saturated carbocycles. The molecule has 8 heteroatoms. The molecule has 0 spiro atoms. The smallest absolute Gasteiger partial charge is 0.339 e. The third-order valence-electron chi connectivity index (χ3n) is 5.17. The standard InChI is InChI=1S/C19H25N3O4S/c1-11(2)9-26-19(23)15-8-16(13-4-5-13)20-18-17(15)12(3)21-22(18)14-6-7-27(24,25)10-14/h8,11,13-14H,4-7,9-10H2,1-3H3/t14-/m0/s1. The number of hydrogen-bond donors (Lipinski definition) is 0. The lowest BCUT2D eigenvalue weighted by Crippen LogP contribution is -2.14. The second kappa shape index (κ2) is 6.58. The zero-order valence-corrected chi connectivity index (χ0v) is 16.8. The first kappa shape index (κ1) is 18.4. The Morgan fingerprint density at radius 2 is 2.07 bits per heavy atom. The highest BCUT2D eigenvalue weighted by Crippen LogP contribution is 2.41. The average Bonchev–Trinajstić information content (AvgIpc) is 3.32. The Labute approximate surface area is 159 Å². The van der Waals surface area contributed by atoms with Gasteiger partial charge >= 0.3 is 5.97 Å². The van der Waals surface area contributed by atoms with Crippen molar-refractivity contribution in [3.05, 3.63) is 23.0 Å². The summed E-state index contributed by atoms with van der Waals surface area (Å²) in [6.45, 7) is 6.18. The molecule has 0 bridgehead atoms. The molecule has 1 aliphatic carbocycles. The van der Waals surface area contributed by atoms with Gasteiger partial charge in [-0.05, 0) is 38.2 Å². The van der Waals surface area contributed by atoms with Crippen molar-refractivity contribution in [2.75, 3.05) is 18.1 Å². The highest BCUT2D eigenvalue weighted by atomic mass is 32.2. The fourth-order valence-corrected chi connectivity index (χ4v) is 5.32. The second-order valence-electron chi connectivity index (χ2n) is 8.15. The van der Waals surface area contributed by atoms with Crippen LogP contribution in [0.25, 0.3) is 11.0 Å². The molecule has 0 unspecified atom stereocenters. The van der Waals surface area contributed by atoms with E-state index >= 15 is 0 Å².